The molecule has 1 aromatic carbocycles. The van der Waals surface area contributed by atoms with E-state index in [4.69, 9.17) is 4.74 Å². The number of nitrogens with zero attached hydrogens (tertiary/aromatic N) is 2. The molecule has 140 valence electrons. The molecule has 0 bridgehead atoms. The number of urea groups is 1. The topological polar surface area (TPSA) is 61.9 Å². The van der Waals surface area contributed by atoms with Crippen LogP contribution in [0, 0.1) is 5.92 Å². The van der Waals surface area contributed by atoms with Gasteiger partial charge in [-0.1, -0.05) is 32.9 Å². The van der Waals surface area contributed by atoms with Crippen molar-refractivity contribution in [1.29, 1.82) is 0 Å². The van der Waals surface area contributed by atoms with E-state index in [-0.39, 0.29) is 17.9 Å². The van der Waals surface area contributed by atoms with Gasteiger partial charge in [0.2, 0.25) is 5.91 Å². The molecule has 0 unspecified atom stereocenters. The molecule has 6 nitrogen and oxygen atoms in total. The van der Waals surface area contributed by atoms with Crippen molar-refractivity contribution in [2.24, 2.45) is 5.92 Å². The van der Waals surface area contributed by atoms with E-state index in [1.807, 2.05) is 32.0 Å². The zero-order valence-corrected chi connectivity index (χ0v) is 16.2. The maximum absolute atomic E-state index is 12.3. The van der Waals surface area contributed by atoms with Crippen LogP contribution >= 0.6 is 0 Å². The van der Waals surface area contributed by atoms with Gasteiger partial charge in [0, 0.05) is 21.1 Å². The molecule has 6 heteroatoms. The number of likely N-dealkylation sites (N-methyl/N-ethyl adjacent to an activating group) is 2. The molecule has 0 aromatic heterocycles. The molecule has 0 radical (unpaired) electrons. The van der Waals surface area contributed by atoms with Gasteiger partial charge in [0.15, 0.2) is 0 Å². The molecule has 0 aliphatic heterocycles. The van der Waals surface area contributed by atoms with E-state index in [0.29, 0.717) is 13.2 Å². The van der Waals surface area contributed by atoms with Crippen LogP contribution in [0.2, 0.25) is 0 Å². The second-order valence-corrected chi connectivity index (χ2v) is 6.67. The Kier molecular flexibility index (Phi) is 8.25. The Morgan fingerprint density at radius 3 is 2.44 bits per heavy atom. The summed E-state index contributed by atoms with van der Waals surface area (Å²) in [6, 6.07) is 7.12. The lowest BCUT2D eigenvalue weighted by Crippen LogP contribution is -2.52. The van der Waals surface area contributed by atoms with Gasteiger partial charge in [-0.3, -0.25) is 4.79 Å². The Morgan fingerprint density at radius 1 is 1.20 bits per heavy atom. The fourth-order valence-electron chi connectivity index (χ4n) is 2.29. The molecule has 25 heavy (non-hydrogen) atoms. The van der Waals surface area contributed by atoms with Gasteiger partial charge in [-0.2, -0.15) is 0 Å². The van der Waals surface area contributed by atoms with Crippen LogP contribution < -0.4 is 10.1 Å². The van der Waals surface area contributed by atoms with Crippen LogP contribution in [0.3, 0.4) is 0 Å². The first-order valence-corrected chi connectivity index (χ1v) is 8.70. The fraction of sp³-hybridized carbons (Fsp3) is 0.579. The Balaban J connectivity index is 2.51. The van der Waals surface area contributed by atoms with Gasteiger partial charge >= 0.3 is 6.03 Å². The summed E-state index contributed by atoms with van der Waals surface area (Å²) in [5.74, 6) is 0.709. The Hall–Kier alpha value is -2.24. The SMILES string of the molecule is CCc1cccc(OCCN(C)C(=O)N[C@@H](C(=O)N(C)C)C(C)C)c1. The van der Waals surface area contributed by atoms with Crippen LogP contribution in [0.5, 0.6) is 5.75 Å². The van der Waals surface area contributed by atoms with Crippen LogP contribution in [0.15, 0.2) is 24.3 Å². The van der Waals surface area contributed by atoms with Gasteiger partial charge in [-0.25, -0.2) is 4.79 Å². The maximum Gasteiger partial charge on any atom is 0.317 e. The zero-order chi connectivity index (χ0) is 19.0. The summed E-state index contributed by atoms with van der Waals surface area (Å²) in [5, 5.41) is 2.80. The molecule has 1 N–H and O–H groups in total. The highest BCUT2D eigenvalue weighted by molar-refractivity contribution is 5.86. The summed E-state index contributed by atoms with van der Waals surface area (Å²) in [7, 11) is 5.07. The minimum Gasteiger partial charge on any atom is -0.492 e. The van der Waals surface area contributed by atoms with Crippen LogP contribution in [-0.2, 0) is 11.2 Å². The molecule has 0 spiro atoms. The van der Waals surface area contributed by atoms with E-state index in [1.54, 1.807) is 21.1 Å². The van der Waals surface area contributed by atoms with Crippen LogP contribution in [0.25, 0.3) is 0 Å². The number of ether oxygens (including phenoxy) is 1. The number of rotatable bonds is 8. The van der Waals surface area contributed by atoms with Crippen molar-refractivity contribution in [2.45, 2.75) is 33.2 Å². The van der Waals surface area contributed by atoms with Crippen LogP contribution in [0.1, 0.15) is 26.3 Å². The van der Waals surface area contributed by atoms with E-state index in [2.05, 4.69) is 18.3 Å². The van der Waals surface area contributed by atoms with Crippen molar-refractivity contribution in [3.05, 3.63) is 29.8 Å². The molecule has 0 saturated heterocycles. The van der Waals surface area contributed by atoms with Gasteiger partial charge in [0.1, 0.15) is 18.4 Å². The normalized spacial score (nSPS) is 11.8. The van der Waals surface area contributed by atoms with E-state index in [1.165, 1.54) is 15.4 Å². The van der Waals surface area contributed by atoms with Gasteiger partial charge in [0.05, 0.1) is 6.54 Å². The third-order valence-electron chi connectivity index (χ3n) is 4.00. The Bertz CT molecular complexity index is 573. The van der Waals surface area contributed by atoms with Gasteiger partial charge in [0.25, 0.3) is 0 Å². The summed E-state index contributed by atoms with van der Waals surface area (Å²) in [4.78, 5) is 27.5. The van der Waals surface area contributed by atoms with E-state index < -0.39 is 6.04 Å². The molecule has 1 aromatic rings. The minimum atomic E-state index is -0.535. The number of aryl methyl sites for hydroxylation is 1. The molecular weight excluding hydrogens is 318 g/mol. The number of carbonyl (C=O) groups is 2. The summed E-state index contributed by atoms with van der Waals surface area (Å²) < 4.78 is 5.71. The number of amides is 3. The molecule has 0 saturated carbocycles. The highest BCUT2D eigenvalue weighted by Crippen LogP contribution is 2.13. The van der Waals surface area contributed by atoms with Gasteiger partial charge < -0.3 is 19.9 Å². The minimum absolute atomic E-state index is 0.0142. The smallest absolute Gasteiger partial charge is 0.317 e. The lowest BCUT2D eigenvalue weighted by Gasteiger charge is -2.27. The third kappa shape index (κ3) is 6.64. The maximum atomic E-state index is 12.3. The molecule has 1 atom stereocenters. The quantitative estimate of drug-likeness (QED) is 0.784. The predicted octanol–water partition coefficient (Wildman–Crippen LogP) is 2.38. The lowest BCUT2D eigenvalue weighted by atomic mass is 10.0. The molecule has 0 aliphatic rings. The van der Waals surface area contributed by atoms with E-state index >= 15 is 0 Å². The number of carbonyl (C=O) groups excluding carboxylic acids is 2. The molecular formula is C19H31N3O3. The zero-order valence-electron chi connectivity index (χ0n) is 16.2. The monoisotopic (exact) mass is 349 g/mol. The van der Waals surface area contributed by atoms with Crippen LogP contribution in [-0.4, -0.2) is 62.1 Å². The fourth-order valence-corrected chi connectivity index (χ4v) is 2.29. The molecule has 1 rings (SSSR count). The first-order chi connectivity index (χ1) is 11.8. The first-order valence-electron chi connectivity index (χ1n) is 8.70. The predicted molar refractivity (Wildman–Crippen MR) is 99.8 cm³/mol. The first kappa shape index (κ1) is 20.8. The average Bonchev–Trinajstić information content (AvgIpc) is 2.58. The Morgan fingerprint density at radius 2 is 1.88 bits per heavy atom. The third-order valence-corrected chi connectivity index (χ3v) is 4.00. The van der Waals surface area contributed by atoms with E-state index in [0.717, 1.165) is 12.2 Å². The molecule has 0 fully saturated rings. The van der Waals surface area contributed by atoms with Crippen molar-refractivity contribution in [3.63, 3.8) is 0 Å². The molecule has 0 heterocycles. The largest absolute Gasteiger partial charge is 0.492 e. The van der Waals surface area contributed by atoms with Gasteiger partial charge in [-0.05, 0) is 30.0 Å². The molecule has 3 amide bonds. The highest BCUT2D eigenvalue weighted by Gasteiger charge is 2.26. The summed E-state index contributed by atoms with van der Waals surface area (Å²) in [6.07, 6.45) is 0.954. The van der Waals surface area contributed by atoms with Crippen molar-refractivity contribution in [1.82, 2.24) is 15.1 Å². The standard InChI is InChI=1S/C19H31N3O3/c1-7-15-9-8-10-16(13-15)25-12-11-22(6)19(24)20-17(14(2)3)18(23)21(4)5/h8-10,13-14,17H,7,11-12H2,1-6H3,(H,20,24)/t17-/m1/s1. The van der Waals surface area contributed by atoms with Crippen molar-refractivity contribution >= 4 is 11.9 Å². The number of hydrogen-bond acceptors (Lipinski definition) is 3. The molecule has 0 aliphatic carbocycles. The number of nitrogens with one attached hydrogen (secondary N) is 1. The summed E-state index contributed by atoms with van der Waals surface area (Å²) >= 11 is 0. The Labute approximate surface area is 151 Å². The van der Waals surface area contributed by atoms with Crippen LogP contribution in [0.4, 0.5) is 4.79 Å². The lowest BCUT2D eigenvalue weighted by molar-refractivity contribution is -0.131. The average molecular weight is 349 g/mol. The van der Waals surface area contributed by atoms with Gasteiger partial charge in [-0.15, -0.1) is 0 Å². The van der Waals surface area contributed by atoms with Crippen molar-refractivity contribution in [2.75, 3.05) is 34.3 Å². The number of hydrogen-bond donors (Lipinski definition) is 1. The summed E-state index contributed by atoms with van der Waals surface area (Å²) in [6.45, 7) is 6.75. The number of benzene rings is 1. The highest BCUT2D eigenvalue weighted by atomic mass is 16.5. The van der Waals surface area contributed by atoms with Crippen molar-refractivity contribution in [3.8, 4) is 5.75 Å². The van der Waals surface area contributed by atoms with Crippen molar-refractivity contribution < 1.29 is 14.3 Å². The van der Waals surface area contributed by atoms with E-state index in [9.17, 15) is 9.59 Å². The second-order valence-electron chi connectivity index (χ2n) is 6.67. The second kappa shape index (κ2) is 9.91. The summed E-state index contributed by atoms with van der Waals surface area (Å²) in [5.41, 5.74) is 1.21.